The molecule has 3 unspecified atom stereocenters. The van der Waals surface area contributed by atoms with E-state index in [1.807, 2.05) is 84.9 Å². The summed E-state index contributed by atoms with van der Waals surface area (Å²) >= 11 is 0. The van der Waals surface area contributed by atoms with Gasteiger partial charge >= 0.3 is 0 Å². The van der Waals surface area contributed by atoms with E-state index in [0.717, 1.165) is 63.9 Å². The van der Waals surface area contributed by atoms with Crippen molar-refractivity contribution >= 4 is 85.0 Å². The molecule has 0 saturated heterocycles. The number of aromatic nitrogens is 11. The van der Waals surface area contributed by atoms with E-state index >= 15 is 0 Å². The minimum absolute atomic E-state index is 0.103. The van der Waals surface area contributed by atoms with Crippen LogP contribution in [0.1, 0.15) is 139 Å². The van der Waals surface area contributed by atoms with Crippen LogP contribution in [0.2, 0.25) is 0 Å². The second-order valence-electron chi connectivity index (χ2n) is 29.5. The average Bonchev–Trinajstić information content (AvgIpc) is 1.70. The summed E-state index contributed by atoms with van der Waals surface area (Å²) < 4.78 is 54.7. The summed E-state index contributed by atoms with van der Waals surface area (Å²) in [6, 6.07) is 65.4. The number of carbonyl (C=O) groups is 3. The van der Waals surface area contributed by atoms with Crippen LogP contribution in [0.25, 0.3) is 49.8 Å². The van der Waals surface area contributed by atoms with E-state index in [2.05, 4.69) is 96.8 Å². The number of amides is 3. The molecular formula is C88H83F3N20O4. The highest BCUT2D eigenvalue weighted by atomic mass is 19.1. The van der Waals surface area contributed by atoms with Crippen LogP contribution in [0.4, 0.5) is 47.7 Å². The number of hydrogen-bond acceptors (Lipinski definition) is 17. The quantitative estimate of drug-likeness (QED) is 0.0269. The lowest BCUT2D eigenvalue weighted by atomic mass is 9.97. The summed E-state index contributed by atoms with van der Waals surface area (Å²) in [5, 5.41) is 45.3. The topological polar surface area (TPSA) is 335 Å². The van der Waals surface area contributed by atoms with Crippen molar-refractivity contribution in [1.29, 1.82) is 0 Å². The molecule has 9 aromatic carbocycles. The zero-order chi connectivity index (χ0) is 79.4. The first kappa shape index (κ1) is 75.4. The number of nitrogens with one attached hydrogen (secondary N) is 7. The van der Waals surface area contributed by atoms with Gasteiger partial charge in [-0.25, -0.2) is 37.2 Å². The average molecular weight is 1540 g/mol. The van der Waals surface area contributed by atoms with Crippen LogP contribution in [0.5, 0.6) is 0 Å². The number of anilines is 6. The van der Waals surface area contributed by atoms with Gasteiger partial charge in [0, 0.05) is 10.8 Å². The zero-order valence-electron chi connectivity index (χ0n) is 63.2. The molecule has 0 bridgehead atoms. The molecule has 24 nitrogen and oxygen atoms in total. The van der Waals surface area contributed by atoms with Crippen LogP contribution in [-0.2, 0) is 0 Å². The number of nitrogens with zero attached hydrogens (tertiary/aromatic N) is 10. The first-order valence-electron chi connectivity index (χ1n) is 38.2. The molecule has 115 heavy (non-hydrogen) atoms. The SMILES string of the molecule is Cc1cc(C(=O)Nc2cc(C(NCC3CC3)c3ccccc3)ccc2F)n(-c2ccc3[nH]nc(N)c3c2)n1.Cc1cc(C(=O)Nc2cc(C(NCC3CC3)c3ccccc3)ccc2F)n(-c2ccc3ncnc(N)c3c2)n1.Cc1cc(C(=O)Nc2cc(C(NCC3CC3)c3ccccc3)ccc2F)n(-c2ccc3onc(N)c3c2)n1. The molecule has 18 rings (SSSR count). The van der Waals surface area contributed by atoms with Crippen LogP contribution in [-0.4, -0.2) is 92.0 Å². The van der Waals surface area contributed by atoms with Gasteiger partial charge in [-0.3, -0.25) is 19.5 Å². The van der Waals surface area contributed by atoms with Crippen LogP contribution in [0, 0.1) is 56.0 Å². The Labute approximate surface area is 659 Å². The Bertz CT molecular complexity index is 5830. The first-order chi connectivity index (χ1) is 55.9. The third-order valence-electron chi connectivity index (χ3n) is 20.7. The lowest BCUT2D eigenvalue weighted by Crippen LogP contribution is -2.25. The van der Waals surface area contributed by atoms with Crippen molar-refractivity contribution in [1.82, 2.24) is 70.6 Å². The molecule has 13 N–H and O–H groups in total. The molecule has 3 amide bonds. The molecule has 580 valence electrons. The molecular weight excluding hydrogens is 1460 g/mol. The number of fused-ring (bicyclic) bond motifs is 3. The van der Waals surface area contributed by atoms with E-state index in [-0.39, 0.29) is 58.1 Å². The maximum atomic E-state index is 15.0. The summed E-state index contributed by atoms with van der Waals surface area (Å²) in [5.74, 6) is 0.00639. The number of benzene rings is 9. The smallest absolute Gasteiger partial charge is 0.274 e. The number of aryl methyl sites for hydroxylation is 3. The first-order valence-corrected chi connectivity index (χ1v) is 38.2. The molecule has 27 heteroatoms. The third-order valence-corrected chi connectivity index (χ3v) is 20.7. The van der Waals surface area contributed by atoms with Crippen LogP contribution in [0.15, 0.2) is 229 Å². The largest absolute Gasteiger partial charge is 0.383 e. The second-order valence-corrected chi connectivity index (χ2v) is 29.5. The number of H-pyrrole nitrogens is 1. The zero-order valence-corrected chi connectivity index (χ0v) is 63.2. The van der Waals surface area contributed by atoms with Crippen LogP contribution >= 0.6 is 0 Å². The van der Waals surface area contributed by atoms with Crippen LogP contribution < -0.4 is 49.1 Å². The predicted octanol–water partition coefficient (Wildman–Crippen LogP) is 15.7. The maximum Gasteiger partial charge on any atom is 0.274 e. The highest BCUT2D eigenvalue weighted by Gasteiger charge is 2.30. The van der Waals surface area contributed by atoms with Gasteiger partial charge in [0.1, 0.15) is 46.7 Å². The van der Waals surface area contributed by atoms with Gasteiger partial charge in [-0.2, -0.15) is 20.4 Å². The van der Waals surface area contributed by atoms with Crippen molar-refractivity contribution in [2.45, 2.75) is 77.4 Å². The van der Waals surface area contributed by atoms with Gasteiger partial charge in [0.2, 0.25) is 0 Å². The molecule has 3 atom stereocenters. The Balaban J connectivity index is 0.000000130. The third kappa shape index (κ3) is 17.4. The lowest BCUT2D eigenvalue weighted by molar-refractivity contribution is 0.101. The number of nitrogens with two attached hydrogens (primary N) is 3. The highest BCUT2D eigenvalue weighted by Crippen LogP contribution is 2.37. The van der Waals surface area contributed by atoms with Crippen molar-refractivity contribution in [2.75, 3.05) is 52.8 Å². The number of aromatic amines is 1. The number of rotatable bonds is 24. The van der Waals surface area contributed by atoms with Gasteiger partial charge in [-0.15, -0.1) is 0 Å². The predicted molar refractivity (Wildman–Crippen MR) is 439 cm³/mol. The Morgan fingerprint density at radius 3 is 1.22 bits per heavy atom. The summed E-state index contributed by atoms with van der Waals surface area (Å²) in [4.78, 5) is 48.6. The van der Waals surface area contributed by atoms with Gasteiger partial charge in [0.15, 0.2) is 17.2 Å². The minimum Gasteiger partial charge on any atom is -0.383 e. The molecule has 0 aliphatic heterocycles. The number of nitrogen functional groups attached to an aromatic ring is 3. The van der Waals surface area contributed by atoms with E-state index in [0.29, 0.717) is 85.4 Å². The number of carbonyl (C=O) groups excluding carboxylic acids is 3. The molecule has 0 radical (unpaired) electrons. The van der Waals surface area contributed by atoms with Crippen molar-refractivity contribution in [3.63, 3.8) is 0 Å². The highest BCUT2D eigenvalue weighted by molar-refractivity contribution is 6.06. The maximum absolute atomic E-state index is 15.0. The fourth-order valence-electron chi connectivity index (χ4n) is 14.1. The molecule has 3 saturated carbocycles. The second kappa shape index (κ2) is 33.0. The van der Waals surface area contributed by atoms with Gasteiger partial charge in [-0.1, -0.05) is 114 Å². The van der Waals surface area contributed by atoms with Crippen LogP contribution in [0.3, 0.4) is 0 Å². The number of hydrogen-bond donors (Lipinski definition) is 10. The van der Waals surface area contributed by atoms with E-state index in [9.17, 15) is 27.6 Å². The van der Waals surface area contributed by atoms with E-state index < -0.39 is 35.2 Å². The molecule has 3 aliphatic carbocycles. The Hall–Kier alpha value is -13.6. The van der Waals surface area contributed by atoms with E-state index in [1.165, 1.54) is 77.1 Å². The number of halogens is 3. The summed E-state index contributed by atoms with van der Waals surface area (Å²) in [6.07, 6.45) is 8.76. The fraction of sp³-hybridized carbons (Fsp3) is 0.205. The van der Waals surface area contributed by atoms with Crippen molar-refractivity contribution in [3.05, 3.63) is 310 Å². The van der Waals surface area contributed by atoms with Gasteiger partial charge in [0.25, 0.3) is 17.7 Å². The Kier molecular flexibility index (Phi) is 21.6. The van der Waals surface area contributed by atoms with Gasteiger partial charge in [-0.05, 0) is 239 Å². The summed E-state index contributed by atoms with van der Waals surface area (Å²) in [7, 11) is 0. The minimum atomic E-state index is -0.516. The fourth-order valence-corrected chi connectivity index (χ4v) is 14.1. The Morgan fingerprint density at radius 2 is 0.809 bits per heavy atom. The molecule has 6 heterocycles. The van der Waals surface area contributed by atoms with Gasteiger partial charge in [0.05, 0.1) is 85.8 Å². The van der Waals surface area contributed by atoms with E-state index in [4.69, 9.17) is 21.7 Å². The lowest BCUT2D eigenvalue weighted by Gasteiger charge is -2.21. The van der Waals surface area contributed by atoms with Gasteiger partial charge < -0.3 is 53.6 Å². The summed E-state index contributed by atoms with van der Waals surface area (Å²) in [5.41, 5.74) is 30.7. The van der Waals surface area contributed by atoms with Crippen molar-refractivity contribution in [2.24, 2.45) is 17.8 Å². The van der Waals surface area contributed by atoms with E-state index in [1.54, 1.807) is 112 Å². The molecule has 3 aliphatic rings. The Morgan fingerprint density at radius 1 is 0.426 bits per heavy atom. The summed E-state index contributed by atoms with van der Waals surface area (Å²) in [6.45, 7) is 8.05. The molecule has 3 fully saturated rings. The molecule has 6 aromatic heterocycles. The standard InChI is InChI=1S/C30H28FN7O.C29H28FN7O.C29H27FN6O2/c1-18-13-27(38(37-18)22-10-12-25-23(15-22)29(32)35-17-34-25)30(39)36-26-14-21(9-11-24(26)31)28(33-16-19-7-8-19)20-5-3-2-4-6-20;1-17-13-26(37(36-17)21-10-12-24-22(15-21)28(31)35-34-24)29(38)33-25-14-20(9-11-23(25)30)27(32-16-18-7-8-18)19-5-3-2-4-6-19;1-17-13-25(36(34-17)21-10-12-26-22(15-21)28(31)35-38-26)29(37)33-24-14-20(9-11-23(24)30)27(32-16-18-7-8-18)19-5-3-2-4-6-19/h2-6,9-15,17,19,28,33H,7-8,16H2,1H3,(H,36,39)(H2,32,34,35);2-6,9-15,18,27,32H,7-8,16H2,1H3,(H,33,38)(H3,31,34,35);2-6,9-15,18,27,32H,7-8,16H2,1H3,(H2,31,35)(H,33,37). The van der Waals surface area contributed by atoms with Crippen molar-refractivity contribution < 1.29 is 32.1 Å². The monoisotopic (exact) mass is 1540 g/mol. The normalized spacial score (nSPS) is 14.0. The molecule has 0 spiro atoms. The molecule has 15 aromatic rings. The van der Waals surface area contributed by atoms with Crippen molar-refractivity contribution in [3.8, 4) is 17.1 Å².